The van der Waals surface area contributed by atoms with Gasteiger partial charge < -0.3 is 19.9 Å². The maximum absolute atomic E-state index is 12.5. The normalized spacial score (nSPS) is 15.9. The van der Waals surface area contributed by atoms with Crippen molar-refractivity contribution < 1.29 is 19.1 Å². The molecule has 2 N–H and O–H groups in total. The number of likely N-dealkylation sites (tertiary alicyclic amines) is 1. The number of hydrogen-bond acceptors (Lipinski definition) is 4. The minimum absolute atomic E-state index is 0.00250. The summed E-state index contributed by atoms with van der Waals surface area (Å²) >= 11 is 0. The lowest BCUT2D eigenvalue weighted by molar-refractivity contribution is -0.126. The van der Waals surface area contributed by atoms with E-state index in [1.54, 1.807) is 36.2 Å². The topological polar surface area (TPSA) is 91.5 Å². The zero-order valence-corrected chi connectivity index (χ0v) is 15.7. The summed E-state index contributed by atoms with van der Waals surface area (Å²) in [6, 6.07) is 8.76. The maximum Gasteiger partial charge on any atom is 0.356 e. The zero-order chi connectivity index (χ0) is 20.1. The number of carbonyl (C=O) groups is 3. The Morgan fingerprint density at radius 3 is 2.71 bits per heavy atom. The van der Waals surface area contributed by atoms with E-state index in [0.29, 0.717) is 17.8 Å². The van der Waals surface area contributed by atoms with Crippen molar-refractivity contribution in [2.45, 2.75) is 25.8 Å². The molecule has 2 amide bonds. The van der Waals surface area contributed by atoms with E-state index in [1.807, 2.05) is 12.1 Å². The molecule has 1 aromatic carbocycles. The summed E-state index contributed by atoms with van der Waals surface area (Å²) in [4.78, 5) is 41.0. The number of aromatic nitrogens is 1. The Bertz CT molecular complexity index is 885. The van der Waals surface area contributed by atoms with Gasteiger partial charge in [-0.3, -0.25) is 9.59 Å². The molecule has 1 unspecified atom stereocenters. The number of esters is 1. The highest BCUT2D eigenvalue weighted by atomic mass is 16.5. The van der Waals surface area contributed by atoms with E-state index in [0.717, 1.165) is 18.4 Å². The zero-order valence-electron chi connectivity index (χ0n) is 15.7. The van der Waals surface area contributed by atoms with Gasteiger partial charge >= 0.3 is 5.97 Å². The molecule has 2 aromatic rings. The van der Waals surface area contributed by atoms with Gasteiger partial charge in [0.05, 0.1) is 18.3 Å². The van der Waals surface area contributed by atoms with E-state index in [9.17, 15) is 14.4 Å². The molecular weight excluding hydrogens is 358 g/mol. The second kappa shape index (κ2) is 8.56. The number of ether oxygens (including phenoxy) is 1. The summed E-state index contributed by atoms with van der Waals surface area (Å²) in [5, 5.41) is 2.72. The summed E-state index contributed by atoms with van der Waals surface area (Å²) < 4.78 is 4.96. The summed E-state index contributed by atoms with van der Waals surface area (Å²) in [5.41, 5.74) is 2.01. The average Bonchev–Trinajstić information content (AvgIpc) is 3.37. The second-order valence-corrected chi connectivity index (χ2v) is 6.46. The highest BCUT2D eigenvalue weighted by Crippen LogP contribution is 2.32. The highest BCUT2D eigenvalue weighted by Gasteiger charge is 2.28. The van der Waals surface area contributed by atoms with E-state index in [4.69, 9.17) is 4.74 Å². The Morgan fingerprint density at radius 2 is 2.04 bits per heavy atom. The number of nitrogens with zero attached hydrogens (tertiary/aromatic N) is 1. The van der Waals surface area contributed by atoms with Gasteiger partial charge in [-0.2, -0.15) is 0 Å². The van der Waals surface area contributed by atoms with Crippen molar-refractivity contribution >= 4 is 23.5 Å². The maximum atomic E-state index is 12.5. The molecule has 2 heterocycles. The average molecular weight is 381 g/mol. The fourth-order valence-electron chi connectivity index (χ4n) is 3.39. The van der Waals surface area contributed by atoms with Crippen molar-refractivity contribution in [2.75, 3.05) is 18.5 Å². The number of rotatable bonds is 6. The fraction of sp³-hybridized carbons (Fsp3) is 0.286. The molecule has 146 valence electrons. The third-order valence-corrected chi connectivity index (χ3v) is 4.74. The van der Waals surface area contributed by atoms with Crippen LogP contribution < -0.4 is 5.32 Å². The molecule has 0 aliphatic carbocycles. The lowest BCUT2D eigenvalue weighted by Gasteiger charge is -2.23. The number of anilines is 1. The molecule has 1 atom stereocenters. The van der Waals surface area contributed by atoms with Crippen LogP contribution in [-0.2, 0) is 9.53 Å². The molecule has 0 saturated carbocycles. The number of aromatic amines is 1. The van der Waals surface area contributed by atoms with Gasteiger partial charge in [0.15, 0.2) is 0 Å². The number of carbonyl (C=O) groups excluding carboxylic acids is 3. The molecule has 7 heteroatoms. The Hall–Kier alpha value is -3.35. The first kappa shape index (κ1) is 19.4. The van der Waals surface area contributed by atoms with E-state index < -0.39 is 5.97 Å². The molecule has 1 aromatic heterocycles. The highest BCUT2D eigenvalue weighted by molar-refractivity contribution is 6.07. The van der Waals surface area contributed by atoms with E-state index in [-0.39, 0.29) is 30.2 Å². The lowest BCUT2D eigenvalue weighted by atomic mass is 10.0. The first-order chi connectivity index (χ1) is 13.5. The van der Waals surface area contributed by atoms with Crippen molar-refractivity contribution in [3.8, 4) is 0 Å². The van der Waals surface area contributed by atoms with Crippen LogP contribution in [0.5, 0.6) is 0 Å². The molecule has 28 heavy (non-hydrogen) atoms. The molecule has 1 aliphatic heterocycles. The van der Waals surface area contributed by atoms with Crippen LogP contribution in [0.2, 0.25) is 0 Å². The first-order valence-electron chi connectivity index (χ1n) is 9.24. The summed E-state index contributed by atoms with van der Waals surface area (Å²) in [5.74, 6) is -0.934. The minimum Gasteiger partial charge on any atom is -0.461 e. The predicted octanol–water partition coefficient (Wildman–Crippen LogP) is 3.29. The molecule has 0 radical (unpaired) electrons. The smallest absolute Gasteiger partial charge is 0.356 e. The van der Waals surface area contributed by atoms with Gasteiger partial charge in [-0.1, -0.05) is 18.7 Å². The molecule has 1 saturated heterocycles. The summed E-state index contributed by atoms with van der Waals surface area (Å²) in [7, 11) is 0. The van der Waals surface area contributed by atoms with Crippen molar-refractivity contribution in [2.24, 2.45) is 0 Å². The summed E-state index contributed by atoms with van der Waals surface area (Å²) in [6.45, 7) is 6.23. The van der Waals surface area contributed by atoms with Gasteiger partial charge in [-0.15, -0.1) is 0 Å². The quantitative estimate of drug-likeness (QED) is 0.593. The number of amides is 2. The molecule has 7 nitrogen and oxygen atoms in total. The number of H-pyrrole nitrogens is 1. The van der Waals surface area contributed by atoms with Crippen LogP contribution in [0.3, 0.4) is 0 Å². The van der Waals surface area contributed by atoms with Gasteiger partial charge in [0, 0.05) is 18.3 Å². The minimum atomic E-state index is -0.522. The van der Waals surface area contributed by atoms with Crippen molar-refractivity contribution in [1.29, 1.82) is 0 Å². The van der Waals surface area contributed by atoms with E-state index in [1.165, 1.54) is 6.08 Å². The molecule has 1 fully saturated rings. The van der Waals surface area contributed by atoms with Crippen LogP contribution in [0.15, 0.2) is 49.2 Å². The van der Waals surface area contributed by atoms with Gasteiger partial charge in [0.1, 0.15) is 5.69 Å². The second-order valence-electron chi connectivity index (χ2n) is 6.46. The van der Waals surface area contributed by atoms with Gasteiger partial charge in [-0.25, -0.2) is 4.79 Å². The van der Waals surface area contributed by atoms with E-state index in [2.05, 4.69) is 16.9 Å². The van der Waals surface area contributed by atoms with Crippen LogP contribution in [0.25, 0.3) is 0 Å². The van der Waals surface area contributed by atoms with Crippen LogP contribution in [0.4, 0.5) is 5.69 Å². The molecule has 0 spiro atoms. The standard InChI is InChI=1S/C21H23N3O4/c1-3-18(25)24-13-5-6-17(24)14-7-9-15(10-8-14)20(26)23-16-11-12-22-19(16)21(27)28-4-2/h3,7-12,17,22H,1,4-6,13H2,2H3,(H,23,26). The number of hydrogen-bond donors (Lipinski definition) is 2. The van der Waals surface area contributed by atoms with Crippen LogP contribution in [0.1, 0.15) is 52.2 Å². The van der Waals surface area contributed by atoms with Gasteiger partial charge in [0.25, 0.3) is 5.91 Å². The van der Waals surface area contributed by atoms with Crippen LogP contribution in [0, 0.1) is 0 Å². The predicted molar refractivity (Wildman–Crippen MR) is 105 cm³/mol. The number of benzene rings is 1. The summed E-state index contributed by atoms with van der Waals surface area (Å²) in [6.07, 6.45) is 4.72. The third kappa shape index (κ3) is 3.98. The fourth-order valence-corrected chi connectivity index (χ4v) is 3.39. The molecular formula is C21H23N3O4. The van der Waals surface area contributed by atoms with Crippen molar-refractivity contribution in [3.05, 3.63) is 66.0 Å². The molecule has 0 bridgehead atoms. The molecule has 1 aliphatic rings. The Labute approximate surface area is 163 Å². The Morgan fingerprint density at radius 1 is 1.29 bits per heavy atom. The van der Waals surface area contributed by atoms with E-state index >= 15 is 0 Å². The largest absolute Gasteiger partial charge is 0.461 e. The van der Waals surface area contributed by atoms with Crippen molar-refractivity contribution in [3.63, 3.8) is 0 Å². The molecule has 3 rings (SSSR count). The Kier molecular flexibility index (Phi) is 5.93. The van der Waals surface area contributed by atoms with Crippen LogP contribution >= 0.6 is 0 Å². The van der Waals surface area contributed by atoms with Crippen molar-refractivity contribution in [1.82, 2.24) is 9.88 Å². The first-order valence-corrected chi connectivity index (χ1v) is 9.24. The number of nitrogens with one attached hydrogen (secondary N) is 2. The lowest BCUT2D eigenvalue weighted by Crippen LogP contribution is -2.28. The monoisotopic (exact) mass is 381 g/mol. The third-order valence-electron chi connectivity index (χ3n) is 4.74. The van der Waals surface area contributed by atoms with Crippen LogP contribution in [-0.4, -0.2) is 40.8 Å². The Balaban J connectivity index is 1.71. The SMILES string of the molecule is C=CC(=O)N1CCCC1c1ccc(C(=O)Nc2cc[nH]c2C(=O)OCC)cc1. The van der Waals surface area contributed by atoms with Gasteiger partial charge in [-0.05, 0) is 49.6 Å². The van der Waals surface area contributed by atoms with Gasteiger partial charge in [0.2, 0.25) is 5.91 Å².